The maximum Gasteiger partial charge on any atom is 0.251 e. The normalized spacial score (nSPS) is 18.3. The van der Waals surface area contributed by atoms with Crippen LogP contribution in [0.4, 0.5) is 0 Å². The van der Waals surface area contributed by atoms with E-state index in [9.17, 15) is 9.59 Å². The number of hydrogen-bond acceptors (Lipinski definition) is 6. The number of pyridine rings is 1. The Morgan fingerprint density at radius 2 is 1.94 bits per heavy atom. The van der Waals surface area contributed by atoms with Crippen molar-refractivity contribution < 1.29 is 19.5 Å². The number of hydrogen-bond donors (Lipinski definition) is 3. The molecule has 2 heterocycles. The van der Waals surface area contributed by atoms with Gasteiger partial charge >= 0.3 is 0 Å². The Morgan fingerprint density at radius 1 is 1.18 bits per heavy atom. The highest BCUT2D eigenvalue weighted by molar-refractivity contribution is 5.95. The van der Waals surface area contributed by atoms with Crippen LogP contribution in [0.5, 0.6) is 5.75 Å². The average Bonchev–Trinajstić information content (AvgIpc) is 3.17. The minimum atomic E-state index is -0.714. The standard InChI is InChI=1S/C25H28N4O4/c1-17-13-19(21-5-3-4-6-22(21)26-17)15-33-20-9-7-18(8-10-20)24(31)27-25(14-23(30)28-32)11-12-29(2)16-25/h3-10,13,32H,11-12,14-16H2,1-2H3,(H,27,31)(H,28,30). The molecule has 1 aliphatic heterocycles. The van der Waals surface area contributed by atoms with Crippen molar-refractivity contribution in [1.82, 2.24) is 20.7 Å². The fraction of sp³-hybridized carbons (Fsp3) is 0.320. The molecule has 3 aromatic rings. The number of amides is 2. The Hall–Kier alpha value is -3.49. The molecular formula is C25H28N4O4. The minimum Gasteiger partial charge on any atom is -0.489 e. The lowest BCUT2D eigenvalue weighted by Gasteiger charge is -2.29. The van der Waals surface area contributed by atoms with Gasteiger partial charge in [-0.25, -0.2) is 5.48 Å². The zero-order chi connectivity index (χ0) is 23.4. The van der Waals surface area contributed by atoms with E-state index in [4.69, 9.17) is 9.94 Å². The number of aromatic nitrogens is 1. The molecule has 0 aliphatic carbocycles. The summed E-state index contributed by atoms with van der Waals surface area (Å²) in [6.07, 6.45) is 0.642. The summed E-state index contributed by atoms with van der Waals surface area (Å²) >= 11 is 0. The number of para-hydroxylation sites is 1. The van der Waals surface area contributed by atoms with Gasteiger partial charge in [-0.05, 0) is 56.8 Å². The summed E-state index contributed by atoms with van der Waals surface area (Å²) in [5, 5.41) is 13.0. The van der Waals surface area contributed by atoms with Gasteiger partial charge in [-0.3, -0.25) is 19.8 Å². The van der Waals surface area contributed by atoms with Gasteiger partial charge in [0.2, 0.25) is 5.91 Å². The number of likely N-dealkylation sites (tertiary alicyclic amines) is 1. The van der Waals surface area contributed by atoms with Crippen molar-refractivity contribution in [2.45, 2.75) is 31.9 Å². The number of carbonyl (C=O) groups is 2. The molecule has 1 aromatic heterocycles. The van der Waals surface area contributed by atoms with Crippen molar-refractivity contribution in [2.24, 2.45) is 0 Å². The molecule has 1 unspecified atom stereocenters. The van der Waals surface area contributed by atoms with Crippen molar-refractivity contribution in [3.63, 3.8) is 0 Å². The number of hydroxylamine groups is 1. The molecule has 1 aliphatic rings. The van der Waals surface area contributed by atoms with E-state index in [-0.39, 0.29) is 12.3 Å². The smallest absolute Gasteiger partial charge is 0.251 e. The number of nitrogens with zero attached hydrogens (tertiary/aromatic N) is 2. The number of ether oxygens (including phenoxy) is 1. The van der Waals surface area contributed by atoms with Crippen LogP contribution in [-0.4, -0.2) is 52.6 Å². The van der Waals surface area contributed by atoms with Gasteiger partial charge in [0.1, 0.15) is 12.4 Å². The molecule has 0 radical (unpaired) electrons. The molecule has 4 rings (SSSR count). The van der Waals surface area contributed by atoms with Crippen LogP contribution in [0, 0.1) is 6.92 Å². The van der Waals surface area contributed by atoms with Crippen molar-refractivity contribution in [2.75, 3.05) is 20.1 Å². The van der Waals surface area contributed by atoms with Crippen molar-refractivity contribution in [3.05, 3.63) is 71.4 Å². The zero-order valence-corrected chi connectivity index (χ0v) is 18.8. The largest absolute Gasteiger partial charge is 0.489 e. The van der Waals surface area contributed by atoms with Gasteiger partial charge in [-0.2, -0.15) is 0 Å². The first-order valence-electron chi connectivity index (χ1n) is 10.9. The van der Waals surface area contributed by atoms with Crippen LogP contribution in [0.25, 0.3) is 10.9 Å². The number of rotatable bonds is 7. The van der Waals surface area contributed by atoms with E-state index in [0.29, 0.717) is 30.9 Å². The molecule has 2 amide bonds. The molecule has 172 valence electrons. The first-order chi connectivity index (χ1) is 15.9. The summed E-state index contributed by atoms with van der Waals surface area (Å²) in [6, 6.07) is 16.9. The van der Waals surface area contributed by atoms with Crippen LogP contribution < -0.4 is 15.5 Å². The molecular weight excluding hydrogens is 420 g/mol. The molecule has 1 atom stereocenters. The molecule has 1 fully saturated rings. The van der Waals surface area contributed by atoms with Crippen LogP contribution in [-0.2, 0) is 11.4 Å². The first-order valence-corrected chi connectivity index (χ1v) is 10.9. The lowest BCUT2D eigenvalue weighted by molar-refractivity contribution is -0.130. The number of fused-ring (bicyclic) bond motifs is 1. The molecule has 2 aromatic carbocycles. The monoisotopic (exact) mass is 448 g/mol. The molecule has 8 nitrogen and oxygen atoms in total. The predicted molar refractivity (Wildman–Crippen MR) is 124 cm³/mol. The Labute approximate surface area is 192 Å². The molecule has 33 heavy (non-hydrogen) atoms. The fourth-order valence-corrected chi connectivity index (χ4v) is 4.41. The second kappa shape index (κ2) is 9.56. The Balaban J connectivity index is 1.43. The topological polar surface area (TPSA) is 104 Å². The third-order valence-corrected chi connectivity index (χ3v) is 5.99. The van der Waals surface area contributed by atoms with E-state index < -0.39 is 11.4 Å². The van der Waals surface area contributed by atoms with Gasteiger partial charge in [0.15, 0.2) is 0 Å². The number of benzene rings is 2. The molecule has 1 saturated heterocycles. The van der Waals surface area contributed by atoms with Crippen LogP contribution in [0.1, 0.15) is 34.5 Å². The molecule has 0 saturated carbocycles. The number of carbonyl (C=O) groups excluding carboxylic acids is 2. The van der Waals surface area contributed by atoms with Crippen LogP contribution in [0.3, 0.4) is 0 Å². The second-order valence-corrected chi connectivity index (χ2v) is 8.69. The average molecular weight is 449 g/mol. The summed E-state index contributed by atoms with van der Waals surface area (Å²) in [5.74, 6) is -0.133. The maximum absolute atomic E-state index is 12.9. The summed E-state index contributed by atoms with van der Waals surface area (Å²) in [6.45, 7) is 3.64. The van der Waals surface area contributed by atoms with Crippen molar-refractivity contribution >= 4 is 22.7 Å². The molecule has 3 N–H and O–H groups in total. The summed E-state index contributed by atoms with van der Waals surface area (Å²) in [7, 11) is 1.93. The Kier molecular flexibility index (Phi) is 6.57. The van der Waals surface area contributed by atoms with Crippen molar-refractivity contribution in [3.8, 4) is 5.75 Å². The predicted octanol–water partition coefficient (Wildman–Crippen LogP) is 2.82. The van der Waals surface area contributed by atoms with Gasteiger partial charge in [0.25, 0.3) is 5.91 Å². The molecule has 0 bridgehead atoms. The number of nitrogens with one attached hydrogen (secondary N) is 2. The van der Waals surface area contributed by atoms with E-state index in [1.807, 2.05) is 49.2 Å². The quantitative estimate of drug-likeness (QED) is 0.379. The Morgan fingerprint density at radius 3 is 2.64 bits per heavy atom. The van der Waals surface area contributed by atoms with E-state index in [1.54, 1.807) is 29.7 Å². The lowest BCUT2D eigenvalue weighted by atomic mass is 9.93. The minimum absolute atomic E-state index is 0.0140. The van der Waals surface area contributed by atoms with Gasteiger partial charge in [-0.1, -0.05) is 18.2 Å². The SMILES string of the molecule is Cc1cc(COc2ccc(C(=O)NC3(CC(=O)NO)CCN(C)C3)cc2)c2ccccc2n1. The number of aryl methyl sites for hydroxylation is 1. The zero-order valence-electron chi connectivity index (χ0n) is 18.8. The van der Waals surface area contributed by atoms with Crippen LogP contribution in [0.2, 0.25) is 0 Å². The highest BCUT2D eigenvalue weighted by Gasteiger charge is 2.40. The molecule has 8 heteroatoms. The van der Waals surface area contributed by atoms with Crippen LogP contribution >= 0.6 is 0 Å². The summed E-state index contributed by atoms with van der Waals surface area (Å²) < 4.78 is 5.98. The second-order valence-electron chi connectivity index (χ2n) is 8.69. The third-order valence-electron chi connectivity index (χ3n) is 5.99. The van der Waals surface area contributed by atoms with Crippen molar-refractivity contribution in [1.29, 1.82) is 0 Å². The van der Waals surface area contributed by atoms with E-state index in [2.05, 4.69) is 10.3 Å². The number of likely N-dealkylation sites (N-methyl/N-ethyl adjacent to an activating group) is 1. The Bertz CT molecular complexity index is 1160. The first kappa shape index (κ1) is 22.7. The van der Waals surface area contributed by atoms with E-state index in [1.165, 1.54) is 0 Å². The van der Waals surface area contributed by atoms with Gasteiger partial charge in [0.05, 0.1) is 17.5 Å². The molecule has 0 spiro atoms. The highest BCUT2D eigenvalue weighted by Crippen LogP contribution is 2.25. The summed E-state index contributed by atoms with van der Waals surface area (Å²) in [5.41, 5.74) is 4.34. The van der Waals surface area contributed by atoms with Crippen LogP contribution in [0.15, 0.2) is 54.6 Å². The van der Waals surface area contributed by atoms with Gasteiger partial charge in [0, 0.05) is 35.3 Å². The van der Waals surface area contributed by atoms with Gasteiger partial charge in [-0.15, -0.1) is 0 Å². The lowest BCUT2D eigenvalue weighted by Crippen LogP contribution is -2.52. The van der Waals surface area contributed by atoms with Gasteiger partial charge < -0.3 is 15.0 Å². The third kappa shape index (κ3) is 5.30. The van der Waals surface area contributed by atoms with E-state index in [0.717, 1.165) is 28.7 Å². The van der Waals surface area contributed by atoms with E-state index >= 15 is 0 Å². The summed E-state index contributed by atoms with van der Waals surface area (Å²) in [4.78, 5) is 31.3. The fourth-order valence-electron chi connectivity index (χ4n) is 4.41. The highest BCUT2D eigenvalue weighted by atomic mass is 16.5. The maximum atomic E-state index is 12.9.